The molecule has 4 rings (SSSR count). The number of hydrogen-bond donors (Lipinski definition) is 2. The molecule has 214 valence electrons. The Hall–Kier alpha value is -4.35. The normalized spacial score (nSPS) is 11.5. The molecule has 0 aliphatic rings. The largest absolute Gasteiger partial charge is 0.494 e. The van der Waals surface area contributed by atoms with E-state index in [4.69, 9.17) is 4.74 Å². The van der Waals surface area contributed by atoms with Gasteiger partial charge in [0, 0.05) is 5.69 Å². The molecule has 0 radical (unpaired) electrons. The minimum absolute atomic E-state index is 0.00329. The lowest BCUT2D eigenvalue weighted by atomic mass is 10.1. The van der Waals surface area contributed by atoms with Gasteiger partial charge in [0.05, 0.1) is 27.8 Å². The molecule has 0 fully saturated rings. The van der Waals surface area contributed by atoms with E-state index in [1.165, 1.54) is 36.4 Å². The summed E-state index contributed by atoms with van der Waals surface area (Å²) < 4.78 is 62.1. The zero-order valence-corrected chi connectivity index (χ0v) is 24.5. The molecule has 0 saturated carbocycles. The van der Waals surface area contributed by atoms with E-state index < -0.39 is 32.5 Å². The molecule has 11 heteroatoms. The van der Waals surface area contributed by atoms with Crippen LogP contribution >= 0.6 is 0 Å². The lowest BCUT2D eigenvalue weighted by Gasteiger charge is -2.24. The second-order valence-electron chi connectivity index (χ2n) is 9.20. The summed E-state index contributed by atoms with van der Waals surface area (Å²) >= 11 is 0. The molecule has 0 heterocycles. The van der Waals surface area contributed by atoms with Gasteiger partial charge in [-0.15, -0.1) is 0 Å². The molecule has 9 nitrogen and oxygen atoms in total. The van der Waals surface area contributed by atoms with Crippen molar-refractivity contribution >= 4 is 43.0 Å². The first-order valence-corrected chi connectivity index (χ1v) is 15.7. The third-order valence-electron chi connectivity index (χ3n) is 6.22. The highest BCUT2D eigenvalue weighted by molar-refractivity contribution is 7.93. The number of carbonyl (C=O) groups is 1. The van der Waals surface area contributed by atoms with Crippen LogP contribution in [-0.4, -0.2) is 35.9 Å². The first-order valence-electron chi connectivity index (χ1n) is 12.8. The van der Waals surface area contributed by atoms with E-state index in [0.29, 0.717) is 29.4 Å². The van der Waals surface area contributed by atoms with Gasteiger partial charge in [-0.05, 0) is 92.6 Å². The first kappa shape index (κ1) is 29.6. The number of sulfonamides is 2. The summed E-state index contributed by atoms with van der Waals surface area (Å²) in [4.78, 5) is 13.1. The number of rotatable bonds is 11. The van der Waals surface area contributed by atoms with Crippen molar-refractivity contribution < 1.29 is 26.4 Å². The molecule has 0 spiro atoms. The number of ether oxygens (including phenoxy) is 1. The topological polar surface area (TPSA) is 122 Å². The lowest BCUT2D eigenvalue weighted by Crippen LogP contribution is -2.38. The minimum atomic E-state index is -4.11. The molecule has 0 aromatic heterocycles. The van der Waals surface area contributed by atoms with Crippen LogP contribution in [0.1, 0.15) is 18.1 Å². The molecule has 0 bridgehead atoms. The quantitative estimate of drug-likeness (QED) is 0.242. The van der Waals surface area contributed by atoms with Crippen molar-refractivity contribution in [1.82, 2.24) is 0 Å². The first-order chi connectivity index (χ1) is 19.5. The molecule has 4 aromatic rings. The van der Waals surface area contributed by atoms with Gasteiger partial charge in [-0.2, -0.15) is 0 Å². The van der Waals surface area contributed by atoms with Gasteiger partial charge in [-0.25, -0.2) is 16.8 Å². The Morgan fingerprint density at radius 1 is 0.756 bits per heavy atom. The van der Waals surface area contributed by atoms with Crippen LogP contribution in [0.3, 0.4) is 0 Å². The number of para-hydroxylation sites is 2. The summed E-state index contributed by atoms with van der Waals surface area (Å²) in [6.07, 6.45) is 0. The molecule has 0 saturated heterocycles. The van der Waals surface area contributed by atoms with Crippen molar-refractivity contribution in [2.45, 2.75) is 30.6 Å². The van der Waals surface area contributed by atoms with E-state index in [2.05, 4.69) is 10.0 Å². The lowest BCUT2D eigenvalue weighted by molar-refractivity contribution is -0.114. The predicted molar refractivity (Wildman–Crippen MR) is 160 cm³/mol. The van der Waals surface area contributed by atoms with Gasteiger partial charge in [-0.1, -0.05) is 36.4 Å². The summed E-state index contributed by atoms with van der Waals surface area (Å²) in [5, 5.41) is 2.66. The Morgan fingerprint density at radius 2 is 1.34 bits per heavy atom. The summed E-state index contributed by atoms with van der Waals surface area (Å²) in [5.41, 5.74) is 2.73. The van der Waals surface area contributed by atoms with Gasteiger partial charge < -0.3 is 10.1 Å². The number of aryl methyl sites for hydroxylation is 2. The average molecular weight is 594 g/mol. The molecule has 0 atom stereocenters. The van der Waals surface area contributed by atoms with Gasteiger partial charge in [0.1, 0.15) is 12.3 Å². The van der Waals surface area contributed by atoms with E-state index in [1.807, 2.05) is 39.0 Å². The molecule has 0 aliphatic carbocycles. The van der Waals surface area contributed by atoms with Crippen molar-refractivity contribution in [3.8, 4) is 5.75 Å². The molecule has 41 heavy (non-hydrogen) atoms. The summed E-state index contributed by atoms with van der Waals surface area (Å²) in [6.45, 7) is 5.40. The fraction of sp³-hybridized carbons (Fsp3) is 0.167. The van der Waals surface area contributed by atoms with Crippen LogP contribution < -0.4 is 19.1 Å². The Balaban J connectivity index is 1.52. The van der Waals surface area contributed by atoms with Crippen LogP contribution in [-0.2, 0) is 24.8 Å². The number of benzene rings is 4. The highest BCUT2D eigenvalue weighted by atomic mass is 32.2. The molecular weight excluding hydrogens is 562 g/mol. The molecule has 4 aromatic carbocycles. The number of amides is 1. The van der Waals surface area contributed by atoms with E-state index >= 15 is 0 Å². The van der Waals surface area contributed by atoms with E-state index in [9.17, 15) is 21.6 Å². The second-order valence-corrected chi connectivity index (χ2v) is 12.7. The predicted octanol–water partition coefficient (Wildman–Crippen LogP) is 5.34. The fourth-order valence-corrected chi connectivity index (χ4v) is 6.75. The van der Waals surface area contributed by atoms with E-state index in [-0.39, 0.29) is 9.79 Å². The number of hydrogen-bond acceptors (Lipinski definition) is 6. The maximum Gasteiger partial charge on any atom is 0.264 e. The molecule has 1 amide bonds. The van der Waals surface area contributed by atoms with Crippen molar-refractivity contribution in [3.05, 3.63) is 108 Å². The number of anilines is 3. The van der Waals surface area contributed by atoms with Gasteiger partial charge in [0.2, 0.25) is 5.91 Å². The van der Waals surface area contributed by atoms with Crippen LogP contribution in [0.4, 0.5) is 17.1 Å². The van der Waals surface area contributed by atoms with Crippen molar-refractivity contribution in [2.75, 3.05) is 27.5 Å². The maximum absolute atomic E-state index is 13.6. The van der Waals surface area contributed by atoms with E-state index in [1.54, 1.807) is 42.5 Å². The maximum atomic E-state index is 13.6. The summed E-state index contributed by atoms with van der Waals surface area (Å²) in [5.74, 6) is -0.0715. The zero-order chi connectivity index (χ0) is 29.6. The Bertz CT molecular complexity index is 1700. The van der Waals surface area contributed by atoms with Gasteiger partial charge >= 0.3 is 0 Å². The van der Waals surface area contributed by atoms with Gasteiger partial charge in [-0.3, -0.25) is 13.8 Å². The summed E-state index contributed by atoms with van der Waals surface area (Å²) in [6, 6.07) is 25.4. The standard InChI is InChI=1S/C30H31N3O6S2/c1-4-39-26-15-19-28(20-16-26)41(37,38)33(25-11-6-5-7-12-25)21-29(34)31-24-13-17-27(18-14-24)40(35,36)32-30-22(2)9-8-10-23(30)3/h5-20,32H,4,21H2,1-3H3,(H,31,34). The zero-order valence-electron chi connectivity index (χ0n) is 22.9. The molecular formula is C30H31N3O6S2. The number of carbonyl (C=O) groups excluding carboxylic acids is 1. The monoisotopic (exact) mass is 593 g/mol. The third kappa shape index (κ3) is 7.05. The van der Waals surface area contributed by atoms with Crippen molar-refractivity contribution in [1.29, 1.82) is 0 Å². The SMILES string of the molecule is CCOc1ccc(S(=O)(=O)N(CC(=O)Nc2ccc(S(=O)(=O)Nc3c(C)cccc3C)cc2)c2ccccc2)cc1. The van der Waals surface area contributed by atoms with Gasteiger partial charge in [0.15, 0.2) is 0 Å². The molecule has 0 aliphatic heterocycles. The summed E-state index contributed by atoms with van der Waals surface area (Å²) in [7, 11) is -7.98. The van der Waals surface area contributed by atoms with Crippen molar-refractivity contribution in [2.24, 2.45) is 0 Å². The number of nitrogens with zero attached hydrogens (tertiary/aromatic N) is 1. The fourth-order valence-electron chi connectivity index (χ4n) is 4.13. The van der Waals surface area contributed by atoms with Crippen LogP contribution in [0.15, 0.2) is 107 Å². The smallest absolute Gasteiger partial charge is 0.264 e. The Labute approximate surface area is 240 Å². The van der Waals surface area contributed by atoms with E-state index in [0.717, 1.165) is 15.4 Å². The highest BCUT2D eigenvalue weighted by Crippen LogP contribution is 2.26. The van der Waals surface area contributed by atoms with Crippen LogP contribution in [0.25, 0.3) is 0 Å². The minimum Gasteiger partial charge on any atom is -0.494 e. The van der Waals surface area contributed by atoms with Crippen LogP contribution in [0.2, 0.25) is 0 Å². The molecule has 2 N–H and O–H groups in total. The third-order valence-corrected chi connectivity index (χ3v) is 9.37. The van der Waals surface area contributed by atoms with Crippen molar-refractivity contribution in [3.63, 3.8) is 0 Å². The Kier molecular flexibility index (Phi) is 8.99. The second kappa shape index (κ2) is 12.4. The Morgan fingerprint density at radius 3 is 1.93 bits per heavy atom. The van der Waals surface area contributed by atoms with Gasteiger partial charge in [0.25, 0.3) is 20.0 Å². The highest BCUT2D eigenvalue weighted by Gasteiger charge is 2.27. The van der Waals surface area contributed by atoms with Crippen LogP contribution in [0.5, 0.6) is 5.75 Å². The van der Waals surface area contributed by atoms with Crippen LogP contribution in [0, 0.1) is 13.8 Å². The average Bonchev–Trinajstić information content (AvgIpc) is 2.95. The number of nitrogens with one attached hydrogen (secondary N) is 2. The molecule has 0 unspecified atom stereocenters.